The number of ether oxygens (including phenoxy) is 1. The Hall–Kier alpha value is -7.17. The third-order valence-electron chi connectivity index (χ3n) is 11.0. The van der Waals surface area contributed by atoms with E-state index < -0.39 is 5.41 Å². The summed E-state index contributed by atoms with van der Waals surface area (Å²) in [6.07, 6.45) is 1.86. The summed E-state index contributed by atoms with van der Waals surface area (Å²) in [5.74, 6) is 2.44. The lowest BCUT2D eigenvalue weighted by Crippen LogP contribution is -2.32. The molecule has 0 unspecified atom stereocenters. The first kappa shape index (κ1) is 30.5. The molecular weight excluding hydrogens is 659 g/mol. The Morgan fingerprint density at radius 2 is 1.00 bits per heavy atom. The monoisotopic (exact) mass is 689 g/mol. The summed E-state index contributed by atoms with van der Waals surface area (Å²) in [7, 11) is 0. The highest BCUT2D eigenvalue weighted by Crippen LogP contribution is 2.62. The molecule has 0 amide bonds. The van der Waals surface area contributed by atoms with Gasteiger partial charge >= 0.3 is 0 Å². The summed E-state index contributed by atoms with van der Waals surface area (Å²) in [6, 6.07) is 64.0. The number of nitrogens with zero attached hydrogens (tertiary/aromatic N) is 3. The van der Waals surface area contributed by atoms with E-state index in [0.29, 0.717) is 5.82 Å². The van der Waals surface area contributed by atoms with Gasteiger partial charge < -0.3 is 4.74 Å². The smallest absolute Gasteiger partial charge is 0.160 e. The standard InChI is InChI=1S/C50H31N3O/c1-2-14-33(15-3-1)49-52-45(31-46(53-49)37-18-12-16-32-13-4-5-17-36(32)37)35-25-27-41-39(30-35)38-29-34(44-21-10-11-28-51-44)24-26-40(38)50(41)42-19-6-8-22-47(42)54-48-23-9-7-20-43(48)50/h1-31H. The molecule has 1 aliphatic carbocycles. The van der Waals surface area contributed by atoms with Crippen molar-refractivity contribution >= 4 is 10.8 Å². The van der Waals surface area contributed by atoms with Crippen LogP contribution in [0.4, 0.5) is 0 Å². The highest BCUT2D eigenvalue weighted by Gasteiger charge is 2.51. The van der Waals surface area contributed by atoms with Crippen molar-refractivity contribution in [2.24, 2.45) is 0 Å². The fourth-order valence-electron chi connectivity index (χ4n) is 8.66. The van der Waals surface area contributed by atoms with E-state index in [2.05, 4.69) is 152 Å². The Labute approximate surface area is 313 Å². The van der Waals surface area contributed by atoms with Crippen LogP contribution in [0.1, 0.15) is 22.3 Å². The molecular formula is C50H31N3O. The maximum atomic E-state index is 6.59. The second-order valence-corrected chi connectivity index (χ2v) is 13.9. The van der Waals surface area contributed by atoms with Crippen molar-refractivity contribution in [2.75, 3.05) is 0 Å². The van der Waals surface area contributed by atoms with Crippen molar-refractivity contribution in [2.45, 2.75) is 5.41 Å². The molecule has 0 N–H and O–H groups in total. The zero-order valence-electron chi connectivity index (χ0n) is 29.1. The first-order chi connectivity index (χ1) is 26.8. The molecule has 2 aliphatic rings. The third kappa shape index (κ3) is 4.53. The van der Waals surface area contributed by atoms with Gasteiger partial charge in [0.1, 0.15) is 11.5 Å². The van der Waals surface area contributed by atoms with Crippen molar-refractivity contribution in [1.82, 2.24) is 15.0 Å². The molecule has 0 fully saturated rings. The molecule has 1 aliphatic heterocycles. The maximum absolute atomic E-state index is 6.59. The second-order valence-electron chi connectivity index (χ2n) is 13.9. The topological polar surface area (TPSA) is 47.9 Å². The summed E-state index contributed by atoms with van der Waals surface area (Å²) in [5.41, 5.74) is 13.3. The largest absolute Gasteiger partial charge is 0.457 e. The van der Waals surface area contributed by atoms with Crippen molar-refractivity contribution in [1.29, 1.82) is 0 Å². The van der Waals surface area contributed by atoms with Crippen LogP contribution in [0.3, 0.4) is 0 Å². The Morgan fingerprint density at radius 1 is 0.389 bits per heavy atom. The van der Waals surface area contributed by atoms with Crippen LogP contribution in [0, 0.1) is 0 Å². The Bertz CT molecular complexity index is 2870. The lowest BCUT2D eigenvalue weighted by molar-refractivity contribution is 0.436. The van der Waals surface area contributed by atoms with E-state index in [-0.39, 0.29) is 0 Å². The SMILES string of the molecule is c1ccc(-c2nc(-c3ccc4c(c3)-c3cc(-c5ccccn5)ccc3C43c4ccccc4Oc4ccccc43)cc(-c3cccc4ccccc34)n2)cc1. The molecule has 0 atom stereocenters. The van der Waals surface area contributed by atoms with Crippen LogP contribution in [0.5, 0.6) is 11.5 Å². The number of pyridine rings is 1. The summed E-state index contributed by atoms with van der Waals surface area (Å²) < 4.78 is 6.59. The molecule has 11 rings (SSSR count). The molecule has 7 aromatic carbocycles. The van der Waals surface area contributed by atoms with E-state index in [1.807, 2.05) is 36.5 Å². The van der Waals surface area contributed by atoms with Gasteiger partial charge in [-0.1, -0.05) is 140 Å². The first-order valence-corrected chi connectivity index (χ1v) is 18.3. The number of para-hydroxylation sites is 2. The third-order valence-corrected chi connectivity index (χ3v) is 11.0. The fraction of sp³-hybridized carbons (Fsp3) is 0.0200. The quantitative estimate of drug-likeness (QED) is 0.185. The minimum Gasteiger partial charge on any atom is -0.457 e. The van der Waals surface area contributed by atoms with Gasteiger partial charge in [0.2, 0.25) is 0 Å². The Morgan fingerprint density at radius 3 is 1.72 bits per heavy atom. The molecule has 2 aromatic heterocycles. The van der Waals surface area contributed by atoms with Crippen molar-refractivity contribution < 1.29 is 4.74 Å². The van der Waals surface area contributed by atoms with Crippen LogP contribution in [0.15, 0.2) is 188 Å². The summed E-state index contributed by atoms with van der Waals surface area (Å²) >= 11 is 0. The number of hydrogen-bond acceptors (Lipinski definition) is 4. The zero-order valence-corrected chi connectivity index (χ0v) is 29.1. The van der Waals surface area contributed by atoms with E-state index >= 15 is 0 Å². The number of aromatic nitrogens is 3. The molecule has 9 aromatic rings. The molecule has 0 saturated carbocycles. The fourth-order valence-corrected chi connectivity index (χ4v) is 8.66. The van der Waals surface area contributed by atoms with Crippen molar-refractivity contribution in [3.8, 4) is 67.8 Å². The van der Waals surface area contributed by atoms with Gasteiger partial charge in [0.05, 0.1) is 22.5 Å². The second kappa shape index (κ2) is 11.9. The molecule has 3 heterocycles. The number of rotatable bonds is 4. The summed E-state index contributed by atoms with van der Waals surface area (Å²) in [4.78, 5) is 15.2. The highest BCUT2D eigenvalue weighted by atomic mass is 16.5. The molecule has 0 bridgehead atoms. The van der Waals surface area contributed by atoms with Gasteiger partial charge in [0, 0.05) is 39.6 Å². The number of hydrogen-bond donors (Lipinski definition) is 0. The van der Waals surface area contributed by atoms with Crippen LogP contribution in [0.2, 0.25) is 0 Å². The van der Waals surface area contributed by atoms with E-state index in [4.69, 9.17) is 19.7 Å². The Kier molecular flexibility index (Phi) is 6.73. The molecule has 252 valence electrons. The minimum atomic E-state index is -0.577. The van der Waals surface area contributed by atoms with Gasteiger partial charge in [-0.15, -0.1) is 0 Å². The van der Waals surface area contributed by atoms with Crippen LogP contribution < -0.4 is 4.74 Å². The van der Waals surface area contributed by atoms with Crippen LogP contribution >= 0.6 is 0 Å². The molecule has 0 saturated heterocycles. The van der Waals surface area contributed by atoms with Gasteiger partial charge in [-0.05, 0) is 75.5 Å². The van der Waals surface area contributed by atoms with Gasteiger partial charge in [-0.3, -0.25) is 4.98 Å². The number of benzene rings is 7. The number of fused-ring (bicyclic) bond motifs is 10. The van der Waals surface area contributed by atoms with E-state index in [1.54, 1.807) is 0 Å². The van der Waals surface area contributed by atoms with Crippen LogP contribution in [-0.4, -0.2) is 15.0 Å². The molecule has 4 nitrogen and oxygen atoms in total. The normalized spacial score (nSPS) is 13.1. The van der Waals surface area contributed by atoms with Gasteiger partial charge in [0.15, 0.2) is 5.82 Å². The van der Waals surface area contributed by atoms with Gasteiger partial charge in [0.25, 0.3) is 0 Å². The van der Waals surface area contributed by atoms with Crippen LogP contribution in [0.25, 0.3) is 67.1 Å². The molecule has 0 radical (unpaired) electrons. The zero-order chi connectivity index (χ0) is 35.6. The lowest BCUT2D eigenvalue weighted by atomic mass is 9.66. The van der Waals surface area contributed by atoms with E-state index in [0.717, 1.165) is 67.3 Å². The summed E-state index contributed by atoms with van der Waals surface area (Å²) in [5, 5.41) is 2.34. The molecule has 1 spiro atoms. The average Bonchev–Trinajstić information content (AvgIpc) is 3.53. The first-order valence-electron chi connectivity index (χ1n) is 18.3. The van der Waals surface area contributed by atoms with Gasteiger partial charge in [-0.2, -0.15) is 0 Å². The highest BCUT2D eigenvalue weighted by molar-refractivity contribution is 5.97. The minimum absolute atomic E-state index is 0.577. The Balaban J connectivity index is 1.18. The van der Waals surface area contributed by atoms with Crippen molar-refractivity contribution in [3.63, 3.8) is 0 Å². The predicted molar refractivity (Wildman–Crippen MR) is 216 cm³/mol. The van der Waals surface area contributed by atoms with E-state index in [1.165, 1.54) is 27.6 Å². The molecule has 54 heavy (non-hydrogen) atoms. The summed E-state index contributed by atoms with van der Waals surface area (Å²) in [6.45, 7) is 0. The van der Waals surface area contributed by atoms with E-state index in [9.17, 15) is 0 Å². The molecule has 4 heteroatoms. The average molecular weight is 690 g/mol. The van der Waals surface area contributed by atoms with Crippen molar-refractivity contribution in [3.05, 3.63) is 210 Å². The lowest BCUT2D eigenvalue weighted by Gasteiger charge is -2.39. The van der Waals surface area contributed by atoms with Gasteiger partial charge in [-0.25, -0.2) is 9.97 Å². The maximum Gasteiger partial charge on any atom is 0.160 e. The van der Waals surface area contributed by atoms with Crippen LogP contribution in [-0.2, 0) is 5.41 Å². The predicted octanol–water partition coefficient (Wildman–Crippen LogP) is 12.2.